The topological polar surface area (TPSA) is 198 Å². The number of nitrogens with one attached hydrogen (secondary N) is 4. The van der Waals surface area contributed by atoms with Gasteiger partial charge in [-0.1, -0.05) is 54.1 Å². The summed E-state index contributed by atoms with van der Waals surface area (Å²) in [5.74, 6) is -4.07. The zero-order valence-electron chi connectivity index (χ0n) is 34.1. The van der Waals surface area contributed by atoms with E-state index < -0.39 is 41.4 Å². The van der Waals surface area contributed by atoms with E-state index in [0.717, 1.165) is 41.7 Å². The molecule has 62 heavy (non-hydrogen) atoms. The highest BCUT2D eigenvalue weighted by Gasteiger charge is 2.45. The maximum absolute atomic E-state index is 15.7. The smallest absolute Gasteiger partial charge is 0.264 e. The van der Waals surface area contributed by atoms with Gasteiger partial charge in [-0.3, -0.25) is 39.0 Å². The summed E-state index contributed by atoms with van der Waals surface area (Å²) in [5.41, 5.74) is 8.66. The largest absolute Gasteiger partial charge is 0.494 e. The summed E-state index contributed by atoms with van der Waals surface area (Å²) in [6.07, 6.45) is 3.57. The van der Waals surface area contributed by atoms with Crippen molar-refractivity contribution in [1.82, 2.24) is 20.9 Å². The first-order valence-corrected chi connectivity index (χ1v) is 21.0. The van der Waals surface area contributed by atoms with Crippen molar-refractivity contribution in [3.8, 4) is 16.9 Å². The molecule has 0 bridgehead atoms. The number of hydrogen-bond donors (Lipinski definition) is 5. The molecule has 2 heterocycles. The van der Waals surface area contributed by atoms with Crippen molar-refractivity contribution in [2.45, 2.75) is 69.0 Å². The van der Waals surface area contributed by atoms with Gasteiger partial charge in [0.1, 0.15) is 6.04 Å². The highest BCUT2D eigenvalue weighted by molar-refractivity contribution is 6.33. The van der Waals surface area contributed by atoms with Crippen LogP contribution in [0.25, 0.3) is 11.1 Å². The fourth-order valence-corrected chi connectivity index (χ4v) is 8.67. The number of piperidine rings is 1. The molecule has 7 rings (SSSR count). The van der Waals surface area contributed by atoms with Gasteiger partial charge in [-0.05, 0) is 79.6 Å². The lowest BCUT2D eigenvalue weighted by Crippen LogP contribution is -2.54. The number of primary amides is 1. The molecule has 1 saturated heterocycles. The van der Waals surface area contributed by atoms with Crippen LogP contribution in [0.15, 0.2) is 78.9 Å². The third-order valence-corrected chi connectivity index (χ3v) is 12.0. The summed E-state index contributed by atoms with van der Waals surface area (Å²) in [6.45, 7) is 1.31. The van der Waals surface area contributed by atoms with E-state index in [4.69, 9.17) is 26.8 Å². The predicted molar refractivity (Wildman–Crippen MR) is 229 cm³/mol. The fraction of sp³-hybridized carbons (Fsp3) is 0.348. The van der Waals surface area contributed by atoms with Gasteiger partial charge in [-0.25, -0.2) is 4.39 Å². The lowest BCUT2D eigenvalue weighted by atomic mass is 9.87. The van der Waals surface area contributed by atoms with E-state index in [1.807, 2.05) is 36.4 Å². The van der Waals surface area contributed by atoms with Crippen molar-refractivity contribution < 1.29 is 42.6 Å². The Kier molecular flexibility index (Phi) is 14.0. The Morgan fingerprint density at radius 3 is 2.35 bits per heavy atom. The molecule has 324 valence electrons. The average molecular weight is 867 g/mol. The minimum absolute atomic E-state index is 0.00376. The molecule has 2 unspecified atom stereocenters. The summed E-state index contributed by atoms with van der Waals surface area (Å²) in [5, 5.41) is 12.4. The van der Waals surface area contributed by atoms with Crippen LogP contribution in [0.3, 0.4) is 0 Å². The number of imide groups is 2. The van der Waals surface area contributed by atoms with E-state index in [9.17, 15) is 28.8 Å². The molecule has 2 fully saturated rings. The maximum Gasteiger partial charge on any atom is 0.264 e. The van der Waals surface area contributed by atoms with Gasteiger partial charge in [-0.15, -0.1) is 0 Å². The first kappa shape index (κ1) is 43.9. The number of hydrogen-bond acceptors (Lipinski definition) is 10. The van der Waals surface area contributed by atoms with Gasteiger partial charge in [-0.2, -0.15) is 0 Å². The van der Waals surface area contributed by atoms with Crippen molar-refractivity contribution in [2.75, 3.05) is 38.7 Å². The molecule has 0 spiro atoms. The standard InChI is InChI=1S/C46H48ClFN6O8/c1-61-37-18-15-30(43(49)57)40(42(37)48)32-24-27(10-16-34(32)47)33(26-6-3-2-4-7-26)25-51-28-11-13-29(14-12-28)52-39(56)20-22-62-23-21-50-35-9-5-8-31-41(35)46(60)54(45(31)59)36-17-19-38(55)53-44(36)58/h2-10,15-16,18,24,28-29,33,36,50-51H,11-14,17,19-23,25H2,1H3,(H2,49,57)(H,52,56)(H,53,55,58). The summed E-state index contributed by atoms with van der Waals surface area (Å²) in [7, 11) is 1.35. The summed E-state index contributed by atoms with van der Waals surface area (Å²) >= 11 is 6.65. The maximum atomic E-state index is 15.7. The SMILES string of the molecule is COc1ccc(C(N)=O)c(-c2cc(C(CNC3CCC(NC(=O)CCOCCNc4cccc5c4C(=O)N(C4CCC(=O)NC4=O)C5=O)CC3)c3ccccc3)ccc2Cl)c1F. The molecule has 6 amide bonds. The molecule has 14 nitrogen and oxygen atoms in total. The monoisotopic (exact) mass is 866 g/mol. The van der Waals surface area contributed by atoms with Gasteiger partial charge in [0.15, 0.2) is 11.6 Å². The van der Waals surface area contributed by atoms with Crippen LogP contribution in [-0.4, -0.2) is 91.9 Å². The Bertz CT molecular complexity index is 2370. The van der Waals surface area contributed by atoms with E-state index >= 15 is 4.39 Å². The second kappa shape index (κ2) is 19.7. The van der Waals surface area contributed by atoms with E-state index in [1.54, 1.807) is 24.3 Å². The molecule has 1 aliphatic carbocycles. The predicted octanol–water partition coefficient (Wildman–Crippen LogP) is 5.32. The number of amides is 6. The second-order valence-corrected chi connectivity index (χ2v) is 16.0. The number of nitrogens with two attached hydrogens (primary N) is 1. The Hall–Kier alpha value is -6.16. The summed E-state index contributed by atoms with van der Waals surface area (Å²) < 4.78 is 26.6. The van der Waals surface area contributed by atoms with Gasteiger partial charge in [0.2, 0.25) is 23.6 Å². The first-order chi connectivity index (χ1) is 29.9. The molecule has 2 atom stereocenters. The van der Waals surface area contributed by atoms with E-state index in [1.165, 1.54) is 25.3 Å². The number of nitrogens with zero attached hydrogens (tertiary/aromatic N) is 1. The van der Waals surface area contributed by atoms with Crippen molar-refractivity contribution >= 4 is 52.7 Å². The van der Waals surface area contributed by atoms with Gasteiger partial charge >= 0.3 is 0 Å². The second-order valence-electron chi connectivity index (χ2n) is 15.6. The number of rotatable bonds is 17. The number of fused-ring (bicyclic) bond motifs is 1. The summed E-state index contributed by atoms with van der Waals surface area (Å²) in [4.78, 5) is 76.6. The van der Waals surface area contributed by atoms with Crippen molar-refractivity contribution in [2.24, 2.45) is 5.73 Å². The van der Waals surface area contributed by atoms with Crippen LogP contribution >= 0.6 is 11.6 Å². The van der Waals surface area contributed by atoms with Crippen molar-refractivity contribution in [3.05, 3.63) is 118 Å². The Morgan fingerprint density at radius 2 is 1.63 bits per heavy atom. The molecule has 6 N–H and O–H groups in total. The minimum Gasteiger partial charge on any atom is -0.494 e. The number of halogens is 2. The number of carbonyl (C=O) groups excluding carboxylic acids is 6. The quantitative estimate of drug-likeness (QED) is 0.0684. The van der Waals surface area contributed by atoms with E-state index in [2.05, 4.69) is 21.3 Å². The first-order valence-electron chi connectivity index (χ1n) is 20.6. The number of methoxy groups -OCH3 is 1. The minimum atomic E-state index is -1.05. The van der Waals surface area contributed by atoms with Crippen LogP contribution < -0.4 is 31.7 Å². The third kappa shape index (κ3) is 9.65. The lowest BCUT2D eigenvalue weighted by molar-refractivity contribution is -0.136. The molecule has 0 radical (unpaired) electrons. The average Bonchev–Trinajstić information content (AvgIpc) is 3.52. The molecule has 0 aromatic heterocycles. The number of benzene rings is 4. The van der Waals surface area contributed by atoms with Crippen LogP contribution in [0.2, 0.25) is 5.02 Å². The number of ether oxygens (including phenoxy) is 2. The zero-order chi connectivity index (χ0) is 43.9. The van der Waals surface area contributed by atoms with Gasteiger partial charge in [0.25, 0.3) is 11.8 Å². The highest BCUT2D eigenvalue weighted by atomic mass is 35.5. The third-order valence-electron chi connectivity index (χ3n) is 11.7. The molecule has 4 aromatic rings. The molecule has 1 saturated carbocycles. The fourth-order valence-electron chi connectivity index (χ4n) is 8.46. The molecule has 4 aromatic carbocycles. The van der Waals surface area contributed by atoms with Crippen LogP contribution in [-0.2, 0) is 19.1 Å². The molecular weight excluding hydrogens is 819 g/mol. The Balaban J connectivity index is 0.869. The summed E-state index contributed by atoms with van der Waals surface area (Å²) in [6, 6.07) is 22.2. The lowest BCUT2D eigenvalue weighted by Gasteiger charge is -2.31. The van der Waals surface area contributed by atoms with E-state index in [-0.39, 0.29) is 89.4 Å². The highest BCUT2D eigenvalue weighted by Crippen LogP contribution is 2.39. The molecule has 2 aliphatic heterocycles. The van der Waals surface area contributed by atoms with Crippen molar-refractivity contribution in [3.63, 3.8) is 0 Å². The Morgan fingerprint density at radius 1 is 0.871 bits per heavy atom. The zero-order valence-corrected chi connectivity index (χ0v) is 34.9. The molecule has 3 aliphatic rings. The van der Waals surface area contributed by atoms with Gasteiger partial charge < -0.3 is 31.2 Å². The number of carbonyl (C=O) groups is 6. The molecule has 16 heteroatoms. The van der Waals surface area contributed by atoms with Gasteiger partial charge in [0, 0.05) is 65.8 Å². The van der Waals surface area contributed by atoms with Crippen LogP contribution in [0.4, 0.5) is 10.1 Å². The van der Waals surface area contributed by atoms with Crippen LogP contribution in [0.1, 0.15) is 93.1 Å². The molecular formula is C46H48ClFN6O8. The van der Waals surface area contributed by atoms with Gasteiger partial charge in [0.05, 0.1) is 37.0 Å². The van der Waals surface area contributed by atoms with Crippen LogP contribution in [0.5, 0.6) is 5.75 Å². The van der Waals surface area contributed by atoms with E-state index in [0.29, 0.717) is 24.3 Å². The normalized spacial score (nSPS) is 19.1. The number of anilines is 1. The van der Waals surface area contributed by atoms with Crippen LogP contribution in [0, 0.1) is 5.82 Å². The Labute approximate surface area is 363 Å². The van der Waals surface area contributed by atoms with Crippen molar-refractivity contribution in [1.29, 1.82) is 0 Å².